The van der Waals surface area contributed by atoms with Crippen molar-refractivity contribution in [1.29, 1.82) is 0 Å². The van der Waals surface area contributed by atoms with Crippen LogP contribution in [0.25, 0.3) is 0 Å². The zero-order valence-corrected chi connectivity index (χ0v) is 7.77. The molecule has 0 rings (SSSR count). The first-order valence-electron chi connectivity index (χ1n) is 2.18. The number of carboxylic acids is 1. The van der Waals surface area contributed by atoms with Crippen LogP contribution < -0.4 is 0 Å². The van der Waals surface area contributed by atoms with Gasteiger partial charge in [-0.3, -0.25) is 4.79 Å². The molecule has 1 N–H and O–H groups in total. The number of hydrogen-bond donors (Lipinski definition) is 1. The summed E-state index contributed by atoms with van der Waals surface area (Å²) in [5.74, 6) is -0.757. The fourth-order valence-electron chi connectivity index (χ4n) is 0. The summed E-state index contributed by atoms with van der Waals surface area (Å²) in [5.41, 5.74) is -0.583. The van der Waals surface area contributed by atoms with E-state index < -0.39 is 11.4 Å². The Morgan fingerprint density at radius 3 is 1.62 bits per heavy atom. The molecule has 46 valence electrons. The summed E-state index contributed by atoms with van der Waals surface area (Å²) in [6.45, 7) is 4.99. The van der Waals surface area contributed by atoms with E-state index in [1.165, 1.54) is 0 Å². The zero-order chi connectivity index (χ0) is 6.08. The number of hydrogen-bond acceptors (Lipinski definition) is 1. The van der Waals surface area contributed by atoms with Crippen molar-refractivity contribution < 1.29 is 12.8 Å². The molecule has 0 unspecified atom stereocenters. The van der Waals surface area contributed by atoms with E-state index in [-0.39, 0.29) is 40.6 Å². The van der Waals surface area contributed by atoms with Crippen LogP contribution in [0.5, 0.6) is 0 Å². The molecule has 0 amide bonds. The van der Waals surface area contributed by atoms with Gasteiger partial charge in [0.2, 0.25) is 0 Å². The van der Waals surface area contributed by atoms with Crippen molar-refractivity contribution >= 4 is 43.7 Å². The fourth-order valence-corrected chi connectivity index (χ4v) is 0. The maximum atomic E-state index is 10.0. The first-order chi connectivity index (χ1) is 2.94. The van der Waals surface area contributed by atoms with Gasteiger partial charge in [-0.2, -0.15) is 0 Å². The molecule has 0 radical (unpaired) electrons. The van der Waals surface area contributed by atoms with Crippen LogP contribution in [0.2, 0.25) is 0 Å². The Bertz CT molecular complexity index is 90.1. The molecule has 0 aliphatic heterocycles. The van der Waals surface area contributed by atoms with Crippen molar-refractivity contribution in [2.75, 3.05) is 0 Å². The first-order valence-corrected chi connectivity index (χ1v) is 2.18. The van der Waals surface area contributed by atoms with Gasteiger partial charge >= 0.3 is 43.7 Å². The minimum atomic E-state index is -0.757. The summed E-state index contributed by atoms with van der Waals surface area (Å²) in [5, 5.41) is 8.25. The third kappa shape index (κ3) is 4.88. The summed E-state index contributed by atoms with van der Waals surface area (Å²) in [6.07, 6.45) is 0. The van der Waals surface area contributed by atoms with Crippen molar-refractivity contribution in [3.63, 3.8) is 0 Å². The van der Waals surface area contributed by atoms with E-state index in [0.29, 0.717) is 0 Å². The van der Waals surface area contributed by atoms with E-state index in [1.807, 2.05) is 0 Å². The normalized spacial score (nSPS) is 9.88. The SMILES string of the molecule is CC(C)(C)C(=O)O.[Ca+2].[H-].[H-]. The van der Waals surface area contributed by atoms with Gasteiger partial charge in [-0.05, 0) is 20.8 Å². The molecule has 0 aliphatic rings. The van der Waals surface area contributed by atoms with Crippen LogP contribution in [-0.4, -0.2) is 48.8 Å². The molecule has 0 spiro atoms. The van der Waals surface area contributed by atoms with E-state index in [1.54, 1.807) is 20.8 Å². The maximum absolute atomic E-state index is 10.0. The Balaban J connectivity index is -0.0000000600. The predicted octanol–water partition coefficient (Wildman–Crippen LogP) is 0.961. The Kier molecular flexibility index (Phi) is 5.32. The number of carbonyl (C=O) groups is 1. The third-order valence-electron chi connectivity index (χ3n) is 0.642. The van der Waals surface area contributed by atoms with E-state index >= 15 is 0 Å². The van der Waals surface area contributed by atoms with Crippen LogP contribution in [-0.2, 0) is 4.79 Å². The van der Waals surface area contributed by atoms with Gasteiger partial charge in [0.25, 0.3) is 0 Å². The van der Waals surface area contributed by atoms with Crippen LogP contribution in [0, 0.1) is 5.41 Å². The topological polar surface area (TPSA) is 37.3 Å². The predicted molar refractivity (Wildman–Crippen MR) is 35.1 cm³/mol. The van der Waals surface area contributed by atoms with Crippen LogP contribution in [0.4, 0.5) is 0 Å². The van der Waals surface area contributed by atoms with Crippen molar-refractivity contribution in [3.05, 3.63) is 0 Å². The van der Waals surface area contributed by atoms with E-state index in [2.05, 4.69) is 0 Å². The first kappa shape index (κ1) is 11.5. The molecule has 0 aliphatic carbocycles. The molecule has 0 fully saturated rings. The summed E-state index contributed by atoms with van der Waals surface area (Å²) < 4.78 is 0. The molecule has 0 saturated heterocycles. The Labute approximate surface area is 82.2 Å². The minimum Gasteiger partial charge on any atom is -1.00 e. The second kappa shape index (κ2) is 3.70. The summed E-state index contributed by atoms with van der Waals surface area (Å²) in [4.78, 5) is 10.0. The molecule has 0 bridgehead atoms. The van der Waals surface area contributed by atoms with E-state index in [4.69, 9.17) is 5.11 Å². The fraction of sp³-hybridized carbons (Fsp3) is 0.800. The summed E-state index contributed by atoms with van der Waals surface area (Å²) >= 11 is 0. The average molecular weight is 144 g/mol. The molecule has 8 heavy (non-hydrogen) atoms. The van der Waals surface area contributed by atoms with Gasteiger partial charge in [0.1, 0.15) is 0 Å². The van der Waals surface area contributed by atoms with Crippen LogP contribution in [0.1, 0.15) is 23.6 Å². The molecule has 0 aromatic heterocycles. The second-order valence-corrected chi connectivity index (χ2v) is 2.56. The standard InChI is InChI=1S/C5H10O2.Ca.2H/c1-5(2,3)4(6)7;;;/h1-3H3,(H,6,7);;;/q;+2;2*-1. The van der Waals surface area contributed by atoms with Crippen molar-refractivity contribution in [2.24, 2.45) is 5.41 Å². The Hall–Kier alpha value is 0.730. The molecular formula is C5H12CaO2. The maximum Gasteiger partial charge on any atom is 2.00 e. The molecule has 0 saturated carbocycles. The largest absolute Gasteiger partial charge is 2.00 e. The van der Waals surface area contributed by atoms with Crippen molar-refractivity contribution in [1.82, 2.24) is 0 Å². The second-order valence-electron chi connectivity index (χ2n) is 2.56. The molecule has 0 aromatic rings. The zero-order valence-electron chi connectivity index (χ0n) is 7.56. The monoisotopic (exact) mass is 144 g/mol. The van der Waals surface area contributed by atoms with Gasteiger partial charge in [0, 0.05) is 0 Å². The Morgan fingerprint density at radius 2 is 1.62 bits per heavy atom. The van der Waals surface area contributed by atoms with Gasteiger partial charge in [0.15, 0.2) is 0 Å². The van der Waals surface area contributed by atoms with Gasteiger partial charge in [-0.1, -0.05) is 0 Å². The summed E-state index contributed by atoms with van der Waals surface area (Å²) in [6, 6.07) is 0. The molecule has 0 atom stereocenters. The molecule has 2 nitrogen and oxygen atoms in total. The third-order valence-corrected chi connectivity index (χ3v) is 0.642. The van der Waals surface area contributed by atoms with Crippen LogP contribution >= 0.6 is 0 Å². The molecule has 0 heterocycles. The van der Waals surface area contributed by atoms with Gasteiger partial charge in [0.05, 0.1) is 5.41 Å². The number of carboxylic acid groups (broad SMARTS) is 1. The van der Waals surface area contributed by atoms with Crippen molar-refractivity contribution in [2.45, 2.75) is 20.8 Å². The van der Waals surface area contributed by atoms with Gasteiger partial charge in [-0.15, -0.1) is 0 Å². The van der Waals surface area contributed by atoms with Crippen molar-refractivity contribution in [3.8, 4) is 0 Å². The molecular weight excluding hydrogens is 132 g/mol. The van der Waals surface area contributed by atoms with E-state index in [0.717, 1.165) is 0 Å². The van der Waals surface area contributed by atoms with Crippen LogP contribution in [0.3, 0.4) is 0 Å². The summed E-state index contributed by atoms with van der Waals surface area (Å²) in [7, 11) is 0. The molecule has 3 heteroatoms. The minimum absolute atomic E-state index is 0. The van der Waals surface area contributed by atoms with Crippen LogP contribution in [0.15, 0.2) is 0 Å². The number of aliphatic carboxylic acids is 1. The number of rotatable bonds is 0. The van der Waals surface area contributed by atoms with E-state index in [9.17, 15) is 4.79 Å². The van der Waals surface area contributed by atoms with Gasteiger partial charge in [-0.25, -0.2) is 0 Å². The van der Waals surface area contributed by atoms with Gasteiger partial charge < -0.3 is 7.96 Å². The molecule has 0 aromatic carbocycles. The quantitative estimate of drug-likeness (QED) is 0.514. The average Bonchev–Trinajstić information content (AvgIpc) is 1.31. The Morgan fingerprint density at radius 1 is 1.50 bits per heavy atom. The smallest absolute Gasteiger partial charge is 1.00 e.